The number of nitrogens with zero attached hydrogens (tertiary/aromatic N) is 2. The van der Waals surface area contributed by atoms with E-state index in [-0.39, 0.29) is 5.78 Å². The van der Waals surface area contributed by atoms with Crippen LogP contribution in [0.15, 0.2) is 48.0 Å². The molecule has 0 bridgehead atoms. The Kier molecular flexibility index (Phi) is 4.98. The van der Waals surface area contributed by atoms with E-state index in [1.807, 2.05) is 19.3 Å². The van der Waals surface area contributed by atoms with Crippen molar-refractivity contribution in [1.29, 1.82) is 0 Å². The highest BCUT2D eigenvalue weighted by Gasteiger charge is 2.20. The average molecular weight is 408 g/mol. The van der Waals surface area contributed by atoms with Gasteiger partial charge in [0.1, 0.15) is 10.7 Å². The zero-order valence-corrected chi connectivity index (χ0v) is 17.4. The number of fused-ring (bicyclic) bond motifs is 1. The van der Waals surface area contributed by atoms with E-state index >= 15 is 0 Å². The van der Waals surface area contributed by atoms with E-state index in [0.29, 0.717) is 28.5 Å². The number of thiazole rings is 1. The smallest absolute Gasteiger partial charge is 0.212 e. The minimum Gasteiger partial charge on any atom is -0.493 e. The second-order valence-corrected chi connectivity index (χ2v) is 7.34. The van der Waals surface area contributed by atoms with Gasteiger partial charge in [0.15, 0.2) is 11.5 Å². The summed E-state index contributed by atoms with van der Waals surface area (Å²) in [4.78, 5) is 17.6. The maximum atomic E-state index is 13.0. The second kappa shape index (κ2) is 7.60. The maximum Gasteiger partial charge on any atom is 0.212 e. The molecule has 0 spiro atoms. The molecule has 2 aromatic heterocycles. The van der Waals surface area contributed by atoms with Crippen LogP contribution in [0.1, 0.15) is 16.1 Å². The van der Waals surface area contributed by atoms with Crippen molar-refractivity contribution in [3.05, 3.63) is 59.2 Å². The number of aryl methyl sites for hydroxylation is 1. The van der Waals surface area contributed by atoms with Crippen molar-refractivity contribution in [1.82, 2.24) is 9.55 Å². The molecule has 7 heteroatoms. The van der Waals surface area contributed by atoms with Gasteiger partial charge in [-0.05, 0) is 36.4 Å². The Balaban J connectivity index is 1.69. The van der Waals surface area contributed by atoms with Gasteiger partial charge >= 0.3 is 0 Å². The first kappa shape index (κ1) is 19.0. The predicted molar refractivity (Wildman–Crippen MR) is 114 cm³/mol. The van der Waals surface area contributed by atoms with Crippen LogP contribution in [0.2, 0.25) is 0 Å². The van der Waals surface area contributed by atoms with Crippen molar-refractivity contribution >= 4 is 28.0 Å². The number of aromatic nitrogens is 2. The number of ether oxygens (including phenoxy) is 3. The van der Waals surface area contributed by atoms with E-state index in [4.69, 9.17) is 14.2 Å². The Hall–Kier alpha value is -3.32. The fraction of sp³-hybridized carbons (Fsp3) is 0.182. The first-order valence-electron chi connectivity index (χ1n) is 8.91. The van der Waals surface area contributed by atoms with Crippen LogP contribution in [0.5, 0.6) is 17.2 Å². The number of methoxy groups -OCH3 is 3. The highest BCUT2D eigenvalue weighted by molar-refractivity contribution is 7.13. The van der Waals surface area contributed by atoms with E-state index < -0.39 is 0 Å². The van der Waals surface area contributed by atoms with Gasteiger partial charge in [-0.25, -0.2) is 4.98 Å². The fourth-order valence-electron chi connectivity index (χ4n) is 3.29. The van der Waals surface area contributed by atoms with E-state index in [2.05, 4.69) is 27.8 Å². The lowest BCUT2D eigenvalue weighted by molar-refractivity contribution is 0.103. The summed E-state index contributed by atoms with van der Waals surface area (Å²) in [7, 11) is 6.58. The molecule has 29 heavy (non-hydrogen) atoms. The maximum absolute atomic E-state index is 13.0. The van der Waals surface area contributed by atoms with Crippen LogP contribution in [-0.4, -0.2) is 36.7 Å². The summed E-state index contributed by atoms with van der Waals surface area (Å²) in [5.74, 6) is 1.11. The Labute approximate surface area is 172 Å². The van der Waals surface area contributed by atoms with Crippen molar-refractivity contribution in [2.45, 2.75) is 0 Å². The normalized spacial score (nSPS) is 10.9. The van der Waals surface area contributed by atoms with Gasteiger partial charge in [-0.1, -0.05) is 0 Å². The molecular weight excluding hydrogens is 388 g/mol. The zero-order chi connectivity index (χ0) is 20.5. The van der Waals surface area contributed by atoms with Crippen molar-refractivity contribution in [2.75, 3.05) is 21.3 Å². The molecule has 0 unspecified atom stereocenters. The summed E-state index contributed by atoms with van der Waals surface area (Å²) in [6.07, 6.45) is 2.02. The molecule has 0 aliphatic rings. The van der Waals surface area contributed by atoms with Crippen molar-refractivity contribution < 1.29 is 19.0 Å². The number of hydrogen-bond donors (Lipinski definition) is 0. The summed E-state index contributed by atoms with van der Waals surface area (Å²) in [6, 6.07) is 11.5. The topological polar surface area (TPSA) is 62.6 Å². The van der Waals surface area contributed by atoms with Gasteiger partial charge in [0, 0.05) is 40.7 Å². The predicted octanol–water partition coefficient (Wildman–Crippen LogP) is 4.56. The number of carbonyl (C=O) groups excluding carboxylic acids is 1. The van der Waals surface area contributed by atoms with Gasteiger partial charge in [0.25, 0.3) is 0 Å². The third-order valence-electron chi connectivity index (χ3n) is 4.80. The number of hydrogen-bond acceptors (Lipinski definition) is 6. The van der Waals surface area contributed by atoms with Crippen LogP contribution in [-0.2, 0) is 7.05 Å². The molecule has 0 amide bonds. The molecular formula is C22H20N2O4S. The Bertz CT molecular complexity index is 1180. The van der Waals surface area contributed by atoms with Crippen molar-refractivity contribution in [3.63, 3.8) is 0 Å². The standard InChI is InChI=1S/C22H20N2O4S/c1-24-8-7-13-9-14(5-6-17(13)24)22-23-16(12-29-22)20(25)15-10-18(26-2)21(28-4)19(11-15)27-3/h5-12H,1-4H3. The van der Waals surface area contributed by atoms with Crippen LogP contribution in [0.25, 0.3) is 21.5 Å². The van der Waals surface area contributed by atoms with E-state index in [9.17, 15) is 4.79 Å². The second-order valence-electron chi connectivity index (χ2n) is 6.48. The molecule has 0 aliphatic carbocycles. The third-order valence-corrected chi connectivity index (χ3v) is 5.69. The Morgan fingerprint density at radius 3 is 2.38 bits per heavy atom. The third kappa shape index (κ3) is 3.34. The van der Waals surface area contributed by atoms with Crippen LogP contribution >= 0.6 is 11.3 Å². The molecule has 0 N–H and O–H groups in total. The molecule has 0 fully saturated rings. The van der Waals surface area contributed by atoms with E-state index in [0.717, 1.165) is 21.5 Å². The van der Waals surface area contributed by atoms with E-state index in [1.165, 1.54) is 32.7 Å². The first-order chi connectivity index (χ1) is 14.0. The highest BCUT2D eigenvalue weighted by atomic mass is 32.1. The Morgan fingerprint density at radius 2 is 1.72 bits per heavy atom. The first-order valence-corrected chi connectivity index (χ1v) is 9.79. The molecule has 4 rings (SSSR count). The summed E-state index contributed by atoms with van der Waals surface area (Å²) >= 11 is 1.44. The van der Waals surface area contributed by atoms with Gasteiger partial charge in [-0.15, -0.1) is 11.3 Å². The lowest BCUT2D eigenvalue weighted by Crippen LogP contribution is -2.04. The van der Waals surface area contributed by atoms with Gasteiger partial charge in [0.2, 0.25) is 11.5 Å². The van der Waals surface area contributed by atoms with Crippen molar-refractivity contribution in [2.24, 2.45) is 7.05 Å². The summed E-state index contributed by atoms with van der Waals surface area (Å²) in [5, 5.41) is 3.71. The summed E-state index contributed by atoms with van der Waals surface area (Å²) < 4.78 is 18.1. The minimum absolute atomic E-state index is 0.201. The van der Waals surface area contributed by atoms with Crippen LogP contribution < -0.4 is 14.2 Å². The molecule has 0 radical (unpaired) electrons. The number of benzene rings is 2. The summed E-state index contributed by atoms with van der Waals surface area (Å²) in [5.41, 5.74) is 2.94. The molecule has 148 valence electrons. The van der Waals surface area contributed by atoms with Gasteiger partial charge < -0.3 is 18.8 Å². The molecule has 4 aromatic rings. The molecule has 0 saturated heterocycles. The number of ketones is 1. The minimum atomic E-state index is -0.201. The molecule has 6 nitrogen and oxygen atoms in total. The lowest BCUT2D eigenvalue weighted by atomic mass is 10.1. The molecule has 2 aromatic carbocycles. The molecule has 0 atom stereocenters. The SMILES string of the molecule is COc1cc(C(=O)c2csc(-c3ccc4c(ccn4C)c3)n2)cc(OC)c1OC. The monoisotopic (exact) mass is 408 g/mol. The van der Waals surface area contributed by atoms with Crippen LogP contribution in [0.3, 0.4) is 0 Å². The molecule has 2 heterocycles. The fourth-order valence-corrected chi connectivity index (χ4v) is 4.08. The van der Waals surface area contributed by atoms with E-state index in [1.54, 1.807) is 17.5 Å². The number of carbonyl (C=O) groups is 1. The number of rotatable bonds is 6. The van der Waals surface area contributed by atoms with Crippen LogP contribution in [0.4, 0.5) is 0 Å². The largest absolute Gasteiger partial charge is 0.493 e. The van der Waals surface area contributed by atoms with Crippen LogP contribution in [0, 0.1) is 0 Å². The quantitative estimate of drug-likeness (QED) is 0.438. The lowest BCUT2D eigenvalue weighted by Gasteiger charge is -2.13. The summed E-state index contributed by atoms with van der Waals surface area (Å²) in [6.45, 7) is 0. The average Bonchev–Trinajstić information content (AvgIpc) is 3.39. The van der Waals surface area contributed by atoms with Gasteiger partial charge in [-0.3, -0.25) is 4.79 Å². The van der Waals surface area contributed by atoms with Crippen molar-refractivity contribution in [3.8, 4) is 27.8 Å². The highest BCUT2D eigenvalue weighted by Crippen LogP contribution is 2.39. The Morgan fingerprint density at radius 1 is 1.00 bits per heavy atom. The van der Waals surface area contributed by atoms with Gasteiger partial charge in [0.05, 0.1) is 21.3 Å². The molecule has 0 saturated carbocycles. The molecule has 0 aliphatic heterocycles. The zero-order valence-electron chi connectivity index (χ0n) is 16.6. The van der Waals surface area contributed by atoms with Gasteiger partial charge in [-0.2, -0.15) is 0 Å².